The summed E-state index contributed by atoms with van der Waals surface area (Å²) in [6, 6.07) is 10.5. The van der Waals surface area contributed by atoms with Crippen molar-refractivity contribution in [2.45, 2.75) is 24.3 Å². The van der Waals surface area contributed by atoms with Gasteiger partial charge in [0.2, 0.25) is 0 Å². The number of hydrogen-bond acceptors (Lipinski definition) is 6. The molecule has 53 heavy (non-hydrogen) atoms. The third-order valence-corrected chi connectivity index (χ3v) is 10.6. The molecule has 0 spiro atoms. The first-order valence-corrected chi connectivity index (χ1v) is 17.9. The van der Waals surface area contributed by atoms with Crippen molar-refractivity contribution in [3.05, 3.63) is 168 Å². The minimum Gasteiger partial charge on any atom is -0.370 e. The average Bonchev–Trinajstić information content (AvgIpc) is 3.95. The number of nitrogens with zero attached hydrogens (tertiary/aromatic N) is 7. The fourth-order valence-electron chi connectivity index (χ4n) is 8.08. The maximum atomic E-state index is 5.41. The Morgan fingerprint density at radius 2 is 1.00 bits per heavy atom. The van der Waals surface area contributed by atoms with Crippen LogP contribution in [0.25, 0.3) is 46.4 Å². The molecule has 0 amide bonds. The summed E-state index contributed by atoms with van der Waals surface area (Å²) in [6.45, 7) is 0. The molecule has 0 fully saturated rings. The van der Waals surface area contributed by atoms with E-state index in [2.05, 4.69) is 210 Å². The van der Waals surface area contributed by atoms with Crippen molar-refractivity contribution in [1.29, 1.82) is 0 Å². The van der Waals surface area contributed by atoms with E-state index in [1.807, 2.05) is 0 Å². The van der Waals surface area contributed by atoms with Crippen LogP contribution in [0.3, 0.4) is 0 Å². The molecule has 4 atom stereocenters. The fourth-order valence-corrected chi connectivity index (χ4v) is 8.08. The molecule has 260 valence electrons. The molecule has 0 saturated heterocycles. The topological polar surface area (TPSA) is 59.5 Å². The maximum Gasteiger partial charge on any atom is 0.125 e. The van der Waals surface area contributed by atoms with Gasteiger partial charge in [0.1, 0.15) is 6.17 Å². The van der Waals surface area contributed by atoms with Crippen LogP contribution in [0.5, 0.6) is 0 Å². The minimum atomic E-state index is -0.125. The van der Waals surface area contributed by atoms with E-state index in [4.69, 9.17) is 9.97 Å². The standard InChI is InChI=1S/C44H42N8.Zn/c1-48-23-9-5-13-36(48)41-35-22-21-33(47-35)28-32-18-17-30(45-32)27-31-19-20-34(46-31)29-39-42(37-14-6-10-24-49(37)2)43(38-15-7-11-25-50(38)3)44(41)52(39)40-16-8-12-26-51(40)4;/h5-29,36-38,40,45H,1-4H3;. The van der Waals surface area contributed by atoms with Gasteiger partial charge in [-0.3, -0.25) is 0 Å². The van der Waals surface area contributed by atoms with Gasteiger partial charge < -0.3 is 29.2 Å². The number of nitrogens with one attached hydrogen (secondary N) is 1. The summed E-state index contributed by atoms with van der Waals surface area (Å²) >= 11 is 0. The Labute approximate surface area is 323 Å². The Morgan fingerprint density at radius 1 is 0.509 bits per heavy atom. The van der Waals surface area contributed by atoms with E-state index in [9.17, 15) is 0 Å². The van der Waals surface area contributed by atoms with Gasteiger partial charge in [-0.1, -0.05) is 42.5 Å². The van der Waals surface area contributed by atoms with E-state index < -0.39 is 0 Å². The van der Waals surface area contributed by atoms with Gasteiger partial charge in [-0.2, -0.15) is 0 Å². The predicted molar refractivity (Wildman–Crippen MR) is 214 cm³/mol. The van der Waals surface area contributed by atoms with Crippen molar-refractivity contribution in [2.24, 2.45) is 0 Å². The van der Waals surface area contributed by atoms with Gasteiger partial charge >= 0.3 is 0 Å². The van der Waals surface area contributed by atoms with Crippen molar-refractivity contribution in [2.75, 3.05) is 28.2 Å². The smallest absolute Gasteiger partial charge is 0.125 e. The molecular formula is C44H42N8Zn. The molecule has 9 heteroatoms. The number of hydrogen-bond donors (Lipinski definition) is 1. The van der Waals surface area contributed by atoms with Gasteiger partial charge in [0, 0.05) is 81.6 Å². The van der Waals surface area contributed by atoms with Crippen molar-refractivity contribution in [3.8, 4) is 0 Å². The van der Waals surface area contributed by atoms with Gasteiger partial charge in [0.25, 0.3) is 0 Å². The van der Waals surface area contributed by atoms with E-state index in [0.717, 1.165) is 50.4 Å². The van der Waals surface area contributed by atoms with Gasteiger partial charge in [-0.05, 0) is 104 Å². The molecule has 3 aromatic rings. The second-order valence-electron chi connectivity index (χ2n) is 14.0. The zero-order valence-electron chi connectivity index (χ0n) is 30.6. The van der Waals surface area contributed by atoms with Crippen LogP contribution in [0.15, 0.2) is 128 Å². The Morgan fingerprint density at radius 3 is 1.58 bits per heavy atom. The molecule has 9 rings (SSSR count). The number of aromatic nitrogens is 4. The van der Waals surface area contributed by atoms with Crippen molar-refractivity contribution < 1.29 is 19.5 Å². The molecule has 8 nitrogen and oxygen atoms in total. The van der Waals surface area contributed by atoms with Crippen LogP contribution >= 0.6 is 0 Å². The van der Waals surface area contributed by atoms with Crippen molar-refractivity contribution in [3.63, 3.8) is 0 Å². The molecule has 0 radical (unpaired) electrons. The Hall–Kier alpha value is -5.66. The predicted octanol–water partition coefficient (Wildman–Crippen LogP) is 8.81. The normalized spacial score (nSPS) is 22.4. The van der Waals surface area contributed by atoms with Crippen LogP contribution in [-0.2, 0) is 19.5 Å². The number of fused-ring (bicyclic) bond motifs is 8. The van der Waals surface area contributed by atoms with Gasteiger partial charge in [0.05, 0.1) is 51.9 Å². The third-order valence-electron chi connectivity index (χ3n) is 10.6. The SMILES string of the molecule is CN1C=CC=CC1c1c(C2C=CC=CN2C)c2c(C3C=CC=CN3C)c3nc(cc4ccc(cc5nc(cc1n2C1C=CC=CN1C)C=C5)[nH]4)C=C3.[Zn]. The summed E-state index contributed by atoms with van der Waals surface area (Å²) in [6.07, 6.45) is 43.5. The quantitative estimate of drug-likeness (QED) is 0.186. The third kappa shape index (κ3) is 6.19. The van der Waals surface area contributed by atoms with E-state index >= 15 is 0 Å². The first kappa shape index (κ1) is 34.4. The van der Waals surface area contributed by atoms with E-state index in [0.29, 0.717) is 0 Å². The van der Waals surface area contributed by atoms with Crippen molar-refractivity contribution in [1.82, 2.24) is 39.1 Å². The first-order valence-electron chi connectivity index (χ1n) is 17.9. The first-order chi connectivity index (χ1) is 25.4. The molecule has 8 bridgehead atoms. The molecule has 6 aliphatic rings. The molecule has 1 N–H and O–H groups in total. The number of aromatic amines is 1. The average molecular weight is 748 g/mol. The largest absolute Gasteiger partial charge is 0.370 e. The molecule has 6 aliphatic heterocycles. The van der Waals surface area contributed by atoms with Gasteiger partial charge in [0.15, 0.2) is 0 Å². The molecule has 9 heterocycles. The molecule has 0 aromatic carbocycles. The Balaban J connectivity index is 0.00000400. The number of allylic oxidation sites excluding steroid dienone is 8. The van der Waals surface area contributed by atoms with Crippen LogP contribution < -0.4 is 0 Å². The molecule has 0 aliphatic carbocycles. The van der Waals surface area contributed by atoms with Crippen LogP contribution in [0.2, 0.25) is 0 Å². The maximum absolute atomic E-state index is 5.41. The van der Waals surface area contributed by atoms with Crippen LogP contribution in [-0.4, -0.2) is 67.3 Å². The zero-order valence-corrected chi connectivity index (χ0v) is 33.5. The Kier molecular flexibility index (Phi) is 9.13. The molecule has 3 aromatic heterocycles. The molecular weight excluding hydrogens is 706 g/mol. The van der Waals surface area contributed by atoms with Gasteiger partial charge in [-0.15, -0.1) is 0 Å². The summed E-state index contributed by atoms with van der Waals surface area (Å²) in [5, 5.41) is 0. The molecule has 4 unspecified atom stereocenters. The zero-order chi connectivity index (χ0) is 35.3. The summed E-state index contributed by atoms with van der Waals surface area (Å²) < 4.78 is 2.55. The van der Waals surface area contributed by atoms with E-state index in [1.165, 1.54) is 11.1 Å². The monoisotopic (exact) mass is 746 g/mol. The summed E-state index contributed by atoms with van der Waals surface area (Å²) in [5.41, 5.74) is 11.6. The van der Waals surface area contributed by atoms with Gasteiger partial charge in [-0.25, -0.2) is 9.97 Å². The van der Waals surface area contributed by atoms with Crippen LogP contribution in [0.1, 0.15) is 63.8 Å². The van der Waals surface area contributed by atoms with E-state index in [1.54, 1.807) is 0 Å². The Bertz CT molecular complexity index is 2430. The number of likely N-dealkylation sites (N-methyl/N-ethyl adjacent to an activating group) is 4. The summed E-state index contributed by atoms with van der Waals surface area (Å²) in [7, 11) is 8.67. The van der Waals surface area contributed by atoms with Crippen LogP contribution in [0, 0.1) is 0 Å². The molecule has 0 saturated carbocycles. The van der Waals surface area contributed by atoms with Crippen LogP contribution in [0.4, 0.5) is 0 Å². The number of H-pyrrole nitrogens is 1. The second-order valence-corrected chi connectivity index (χ2v) is 14.0. The number of rotatable bonds is 4. The van der Waals surface area contributed by atoms with E-state index in [-0.39, 0.29) is 43.8 Å². The second kappa shape index (κ2) is 14.1. The summed E-state index contributed by atoms with van der Waals surface area (Å²) in [5.74, 6) is 0. The summed E-state index contributed by atoms with van der Waals surface area (Å²) in [4.78, 5) is 23.4. The minimum absolute atomic E-state index is 0. The fraction of sp³-hybridized carbons (Fsp3) is 0.182. The van der Waals surface area contributed by atoms with Crippen molar-refractivity contribution >= 4 is 46.4 Å².